The van der Waals surface area contributed by atoms with Crippen molar-refractivity contribution in [3.63, 3.8) is 0 Å². The predicted molar refractivity (Wildman–Crippen MR) is 98.2 cm³/mol. The van der Waals surface area contributed by atoms with Crippen LogP contribution in [-0.4, -0.2) is 60.1 Å². The van der Waals surface area contributed by atoms with Crippen molar-refractivity contribution in [1.82, 2.24) is 9.80 Å². The van der Waals surface area contributed by atoms with Gasteiger partial charge in [-0.25, -0.2) is 0 Å². The molecule has 1 N–H and O–H groups in total. The third-order valence-corrected chi connectivity index (χ3v) is 6.46. The molecule has 5 heteroatoms. The summed E-state index contributed by atoms with van der Waals surface area (Å²) >= 11 is 1.72. The molecular formula is C19H30N2O2S. The zero-order valence-electron chi connectivity index (χ0n) is 14.5. The van der Waals surface area contributed by atoms with Crippen LogP contribution in [0, 0.1) is 11.8 Å². The fourth-order valence-electron chi connectivity index (χ4n) is 4.05. The standard InChI is InChI=1S/C19H30N2O2S/c22-15-17-14-21(19(23)8-7-18-6-5-11-24-18)13-16(17)12-20-9-3-1-2-4-10-20/h5-6,11,16-17,22H,1-4,7-10,12-15H2/t16-,17-/m0/s1. The Morgan fingerprint density at radius 1 is 1.17 bits per heavy atom. The lowest BCUT2D eigenvalue weighted by atomic mass is 9.96. The zero-order chi connectivity index (χ0) is 16.8. The van der Waals surface area contributed by atoms with E-state index in [1.165, 1.54) is 43.6 Å². The number of nitrogens with zero attached hydrogens (tertiary/aromatic N) is 2. The van der Waals surface area contributed by atoms with E-state index in [4.69, 9.17) is 0 Å². The molecular weight excluding hydrogens is 320 g/mol. The molecule has 24 heavy (non-hydrogen) atoms. The summed E-state index contributed by atoms with van der Waals surface area (Å²) in [6.45, 7) is 5.17. The van der Waals surface area contributed by atoms with Gasteiger partial charge in [0.05, 0.1) is 0 Å². The van der Waals surface area contributed by atoms with Crippen molar-refractivity contribution in [2.24, 2.45) is 11.8 Å². The van der Waals surface area contributed by atoms with Gasteiger partial charge < -0.3 is 14.9 Å². The highest BCUT2D eigenvalue weighted by Crippen LogP contribution is 2.26. The summed E-state index contributed by atoms with van der Waals surface area (Å²) in [5.74, 6) is 0.929. The van der Waals surface area contributed by atoms with Gasteiger partial charge in [0, 0.05) is 43.5 Å². The van der Waals surface area contributed by atoms with E-state index in [0.717, 1.165) is 26.1 Å². The van der Waals surface area contributed by atoms with Gasteiger partial charge in [0.25, 0.3) is 0 Å². The van der Waals surface area contributed by atoms with Gasteiger partial charge in [-0.2, -0.15) is 0 Å². The van der Waals surface area contributed by atoms with Crippen LogP contribution in [0.4, 0.5) is 0 Å². The van der Waals surface area contributed by atoms with Crippen molar-refractivity contribution in [2.75, 3.05) is 39.3 Å². The SMILES string of the molecule is O=C(CCc1cccs1)N1C[C@@H](CO)[C@@H](CN2CCCCCC2)C1. The highest BCUT2D eigenvalue weighted by atomic mass is 32.1. The van der Waals surface area contributed by atoms with Crippen molar-refractivity contribution in [2.45, 2.75) is 38.5 Å². The second-order valence-corrected chi connectivity index (χ2v) is 8.33. The fourth-order valence-corrected chi connectivity index (χ4v) is 4.76. The molecule has 2 aliphatic heterocycles. The Balaban J connectivity index is 1.50. The average Bonchev–Trinajstić information content (AvgIpc) is 3.18. The van der Waals surface area contributed by atoms with E-state index in [2.05, 4.69) is 16.3 Å². The number of rotatable bonds is 6. The number of hydrogen-bond donors (Lipinski definition) is 1. The summed E-state index contributed by atoms with van der Waals surface area (Å²) in [4.78, 5) is 18.4. The monoisotopic (exact) mass is 350 g/mol. The van der Waals surface area contributed by atoms with E-state index in [1.54, 1.807) is 11.3 Å². The van der Waals surface area contributed by atoms with Crippen molar-refractivity contribution in [3.8, 4) is 0 Å². The molecule has 3 heterocycles. The van der Waals surface area contributed by atoms with Crippen molar-refractivity contribution in [1.29, 1.82) is 0 Å². The van der Waals surface area contributed by atoms with Crippen LogP contribution in [0.3, 0.4) is 0 Å². The van der Waals surface area contributed by atoms with E-state index in [1.807, 2.05) is 11.0 Å². The second kappa shape index (κ2) is 8.97. The summed E-state index contributed by atoms with van der Waals surface area (Å²) in [5.41, 5.74) is 0. The van der Waals surface area contributed by atoms with E-state index >= 15 is 0 Å². The van der Waals surface area contributed by atoms with E-state index < -0.39 is 0 Å². The van der Waals surface area contributed by atoms with Gasteiger partial charge in [0.15, 0.2) is 0 Å². The van der Waals surface area contributed by atoms with Crippen LogP contribution in [0.1, 0.15) is 37.0 Å². The Kier molecular flexibility index (Phi) is 6.69. The molecule has 1 aromatic heterocycles. The van der Waals surface area contributed by atoms with E-state index in [9.17, 15) is 9.90 Å². The molecule has 4 nitrogen and oxygen atoms in total. The molecule has 0 saturated carbocycles. The molecule has 0 aromatic carbocycles. The molecule has 1 amide bonds. The third kappa shape index (κ3) is 4.80. The maximum atomic E-state index is 12.5. The molecule has 0 bridgehead atoms. The number of hydrogen-bond acceptors (Lipinski definition) is 4. The topological polar surface area (TPSA) is 43.8 Å². The van der Waals surface area contributed by atoms with Crippen molar-refractivity contribution < 1.29 is 9.90 Å². The quantitative estimate of drug-likeness (QED) is 0.858. The first-order chi connectivity index (χ1) is 11.8. The van der Waals surface area contributed by atoms with Gasteiger partial charge in [0.1, 0.15) is 0 Å². The van der Waals surface area contributed by atoms with Crippen LogP contribution in [0.15, 0.2) is 17.5 Å². The number of amides is 1. The normalized spacial score (nSPS) is 25.8. The lowest BCUT2D eigenvalue weighted by Crippen LogP contribution is -2.35. The smallest absolute Gasteiger partial charge is 0.222 e. The lowest BCUT2D eigenvalue weighted by Gasteiger charge is -2.26. The number of carbonyl (C=O) groups is 1. The van der Waals surface area contributed by atoms with Gasteiger partial charge in [-0.1, -0.05) is 18.9 Å². The van der Waals surface area contributed by atoms with Gasteiger partial charge in [-0.15, -0.1) is 11.3 Å². The maximum absolute atomic E-state index is 12.5. The minimum absolute atomic E-state index is 0.202. The van der Waals surface area contributed by atoms with Gasteiger partial charge >= 0.3 is 0 Å². The highest BCUT2D eigenvalue weighted by Gasteiger charge is 2.35. The first-order valence-corrected chi connectivity index (χ1v) is 10.3. The average molecular weight is 351 g/mol. The Labute approximate surface area is 149 Å². The van der Waals surface area contributed by atoms with Gasteiger partial charge in [0.2, 0.25) is 5.91 Å². The van der Waals surface area contributed by atoms with Crippen LogP contribution < -0.4 is 0 Å². The summed E-state index contributed by atoms with van der Waals surface area (Å²) in [6, 6.07) is 4.14. The van der Waals surface area contributed by atoms with Gasteiger partial charge in [-0.3, -0.25) is 4.79 Å². The van der Waals surface area contributed by atoms with Crippen LogP contribution in [0.25, 0.3) is 0 Å². The predicted octanol–water partition coefficient (Wildman–Crippen LogP) is 2.62. The lowest BCUT2D eigenvalue weighted by molar-refractivity contribution is -0.130. The Hall–Kier alpha value is -0.910. The molecule has 1 aromatic rings. The highest BCUT2D eigenvalue weighted by molar-refractivity contribution is 7.09. The summed E-state index contributed by atoms with van der Waals surface area (Å²) < 4.78 is 0. The first kappa shape index (κ1) is 17.9. The largest absolute Gasteiger partial charge is 0.396 e. The van der Waals surface area contributed by atoms with Crippen molar-refractivity contribution >= 4 is 17.2 Å². The van der Waals surface area contributed by atoms with Crippen LogP contribution in [-0.2, 0) is 11.2 Å². The Morgan fingerprint density at radius 3 is 2.58 bits per heavy atom. The molecule has 2 fully saturated rings. The second-order valence-electron chi connectivity index (χ2n) is 7.30. The molecule has 2 saturated heterocycles. The molecule has 0 radical (unpaired) electrons. The molecule has 0 unspecified atom stereocenters. The number of aliphatic hydroxyl groups is 1. The summed E-state index contributed by atoms with van der Waals surface area (Å²) in [5, 5.41) is 11.8. The molecule has 3 rings (SSSR count). The van der Waals surface area contributed by atoms with Crippen LogP contribution in [0.5, 0.6) is 0 Å². The van der Waals surface area contributed by atoms with E-state index in [0.29, 0.717) is 12.3 Å². The molecule has 0 spiro atoms. The number of aryl methyl sites for hydroxylation is 1. The van der Waals surface area contributed by atoms with Crippen molar-refractivity contribution in [3.05, 3.63) is 22.4 Å². The minimum Gasteiger partial charge on any atom is -0.396 e. The van der Waals surface area contributed by atoms with Crippen LogP contribution >= 0.6 is 11.3 Å². The Bertz CT molecular complexity index is 497. The minimum atomic E-state index is 0.202. The zero-order valence-corrected chi connectivity index (χ0v) is 15.3. The number of carbonyl (C=O) groups excluding carboxylic acids is 1. The maximum Gasteiger partial charge on any atom is 0.222 e. The molecule has 2 atom stereocenters. The molecule has 134 valence electrons. The third-order valence-electron chi connectivity index (χ3n) is 5.52. The fraction of sp³-hybridized carbons (Fsp3) is 0.737. The summed E-state index contributed by atoms with van der Waals surface area (Å²) in [7, 11) is 0. The summed E-state index contributed by atoms with van der Waals surface area (Å²) in [6.07, 6.45) is 6.71. The number of thiophene rings is 1. The molecule has 0 aliphatic carbocycles. The first-order valence-electron chi connectivity index (χ1n) is 9.39. The number of aliphatic hydroxyl groups excluding tert-OH is 1. The van der Waals surface area contributed by atoms with E-state index in [-0.39, 0.29) is 18.4 Å². The Morgan fingerprint density at radius 2 is 1.92 bits per heavy atom. The van der Waals surface area contributed by atoms with Gasteiger partial charge in [-0.05, 0) is 49.7 Å². The molecule has 2 aliphatic rings. The number of likely N-dealkylation sites (tertiary alicyclic amines) is 2. The van der Waals surface area contributed by atoms with Crippen LogP contribution in [0.2, 0.25) is 0 Å².